The van der Waals surface area contributed by atoms with Gasteiger partial charge in [-0.1, -0.05) is 57.5 Å². The van der Waals surface area contributed by atoms with E-state index in [1.165, 1.54) is 0 Å². The Kier molecular flexibility index (Phi) is 6.41. The molecule has 4 atom stereocenters. The molecule has 1 aromatic carbocycles. The van der Waals surface area contributed by atoms with E-state index in [0.29, 0.717) is 18.9 Å². The molecule has 1 amide bonds. The topological polar surface area (TPSA) is 69.6 Å². The smallest absolute Gasteiger partial charge is 0.252 e. The lowest BCUT2D eigenvalue weighted by atomic mass is 9.66. The van der Waals surface area contributed by atoms with Gasteiger partial charge in [-0.2, -0.15) is 0 Å². The van der Waals surface area contributed by atoms with Gasteiger partial charge < -0.3 is 15.5 Å². The maximum atomic E-state index is 12.8. The number of benzene rings is 1. The average molecular weight is 333 g/mol. The quantitative estimate of drug-likeness (QED) is 0.750. The van der Waals surface area contributed by atoms with Gasteiger partial charge in [-0.15, -0.1) is 0 Å². The number of rotatable bonds is 6. The molecule has 1 fully saturated rings. The minimum Gasteiger partial charge on any atom is -0.396 e. The van der Waals surface area contributed by atoms with Crippen molar-refractivity contribution in [2.75, 3.05) is 13.2 Å². The first-order valence-electron chi connectivity index (χ1n) is 9.05. The van der Waals surface area contributed by atoms with Crippen LogP contribution in [0.15, 0.2) is 30.3 Å². The fourth-order valence-electron chi connectivity index (χ4n) is 4.02. The second-order valence-electron chi connectivity index (χ2n) is 7.66. The Balaban J connectivity index is 2.06. The monoisotopic (exact) mass is 333 g/mol. The molecule has 0 heterocycles. The number of nitrogens with one attached hydrogen (secondary N) is 1. The summed E-state index contributed by atoms with van der Waals surface area (Å²) >= 11 is 0. The van der Waals surface area contributed by atoms with E-state index in [1.807, 2.05) is 30.3 Å². The Morgan fingerprint density at radius 2 is 1.96 bits per heavy atom. The average Bonchev–Trinajstić information content (AvgIpc) is 2.55. The molecule has 0 radical (unpaired) electrons. The van der Waals surface area contributed by atoms with Crippen LogP contribution in [0.2, 0.25) is 0 Å². The van der Waals surface area contributed by atoms with E-state index >= 15 is 0 Å². The first kappa shape index (κ1) is 18.9. The summed E-state index contributed by atoms with van der Waals surface area (Å²) in [5.74, 6) is 0.145. The van der Waals surface area contributed by atoms with Crippen molar-refractivity contribution in [3.8, 4) is 0 Å². The Labute approximate surface area is 145 Å². The molecule has 3 N–H and O–H groups in total. The summed E-state index contributed by atoms with van der Waals surface area (Å²) in [4.78, 5) is 12.8. The van der Waals surface area contributed by atoms with Gasteiger partial charge in [0, 0.05) is 12.5 Å². The van der Waals surface area contributed by atoms with Crippen molar-refractivity contribution in [1.82, 2.24) is 5.32 Å². The lowest BCUT2D eigenvalue weighted by molar-refractivity contribution is -0.155. The predicted molar refractivity (Wildman–Crippen MR) is 95.6 cm³/mol. The summed E-state index contributed by atoms with van der Waals surface area (Å²) in [5.41, 5.74) is -0.313. The van der Waals surface area contributed by atoms with Crippen molar-refractivity contribution in [2.45, 2.75) is 51.6 Å². The molecule has 4 nitrogen and oxygen atoms in total. The largest absolute Gasteiger partial charge is 0.396 e. The molecule has 2 rings (SSSR count). The number of aliphatic hydroxyl groups is 2. The van der Waals surface area contributed by atoms with Crippen LogP contribution in [0.5, 0.6) is 0 Å². The van der Waals surface area contributed by atoms with E-state index in [9.17, 15) is 15.0 Å². The van der Waals surface area contributed by atoms with Crippen molar-refractivity contribution >= 4 is 5.91 Å². The summed E-state index contributed by atoms with van der Waals surface area (Å²) in [6.45, 7) is 6.53. The van der Waals surface area contributed by atoms with Gasteiger partial charge in [0.05, 0.1) is 6.61 Å². The molecule has 3 unspecified atom stereocenters. The van der Waals surface area contributed by atoms with Crippen LogP contribution in [0.1, 0.15) is 51.5 Å². The van der Waals surface area contributed by atoms with Crippen molar-refractivity contribution in [2.24, 2.45) is 17.8 Å². The number of hydrogen-bond donors (Lipinski definition) is 3. The zero-order valence-electron chi connectivity index (χ0n) is 15.0. The minimum atomic E-state index is -1.30. The van der Waals surface area contributed by atoms with Crippen LogP contribution in [0, 0.1) is 17.8 Å². The van der Waals surface area contributed by atoms with Gasteiger partial charge in [0.2, 0.25) is 0 Å². The summed E-state index contributed by atoms with van der Waals surface area (Å²) in [7, 11) is 0. The summed E-state index contributed by atoms with van der Waals surface area (Å²) in [6.07, 6.45) is 2.45. The molecule has 1 aliphatic rings. The zero-order chi connectivity index (χ0) is 17.7. The Morgan fingerprint density at radius 1 is 1.29 bits per heavy atom. The molecular formula is C20H31NO3. The summed E-state index contributed by atoms with van der Waals surface area (Å²) in [6, 6.07) is 9.66. The van der Waals surface area contributed by atoms with Gasteiger partial charge in [0.15, 0.2) is 0 Å². The number of carbonyl (C=O) groups is 1. The molecule has 1 aromatic rings. The first-order chi connectivity index (χ1) is 11.4. The van der Waals surface area contributed by atoms with E-state index < -0.39 is 5.60 Å². The van der Waals surface area contributed by atoms with Crippen LogP contribution < -0.4 is 5.32 Å². The van der Waals surface area contributed by atoms with Crippen LogP contribution in [-0.2, 0) is 4.79 Å². The predicted octanol–water partition coefficient (Wildman–Crippen LogP) is 2.70. The lowest BCUT2D eigenvalue weighted by Gasteiger charge is -2.43. The summed E-state index contributed by atoms with van der Waals surface area (Å²) < 4.78 is 0. The highest BCUT2D eigenvalue weighted by Gasteiger charge is 2.48. The second kappa shape index (κ2) is 8.13. The van der Waals surface area contributed by atoms with Crippen molar-refractivity contribution in [1.29, 1.82) is 0 Å². The SMILES string of the molecule is CC1CCC(C(C)C)[C@@](O)(C(=O)NCC(CO)c2ccccc2)C1. The highest BCUT2D eigenvalue weighted by molar-refractivity contribution is 5.85. The molecule has 0 aliphatic heterocycles. The maximum absolute atomic E-state index is 12.8. The van der Waals surface area contributed by atoms with Crippen LogP contribution in [-0.4, -0.2) is 34.9 Å². The third kappa shape index (κ3) is 4.17. The Morgan fingerprint density at radius 3 is 2.54 bits per heavy atom. The standard InChI is InChI=1S/C20H31NO3/c1-14(2)18-10-9-15(3)11-20(18,24)19(23)21-12-17(13-22)16-7-5-4-6-8-16/h4-8,14-15,17-18,22,24H,9-13H2,1-3H3,(H,21,23)/t15?,17?,18?,20-/m1/s1. The molecule has 4 heteroatoms. The van der Waals surface area contributed by atoms with E-state index in [0.717, 1.165) is 18.4 Å². The number of aliphatic hydroxyl groups excluding tert-OH is 1. The fourth-order valence-corrected chi connectivity index (χ4v) is 4.02. The van der Waals surface area contributed by atoms with E-state index in [1.54, 1.807) is 0 Å². The van der Waals surface area contributed by atoms with Crippen molar-refractivity contribution < 1.29 is 15.0 Å². The van der Waals surface area contributed by atoms with Gasteiger partial charge in [0.25, 0.3) is 5.91 Å². The zero-order valence-corrected chi connectivity index (χ0v) is 15.0. The molecule has 0 saturated heterocycles. The first-order valence-corrected chi connectivity index (χ1v) is 9.05. The summed E-state index contributed by atoms with van der Waals surface area (Å²) in [5, 5.41) is 23.7. The van der Waals surface area contributed by atoms with Crippen molar-refractivity contribution in [3.63, 3.8) is 0 Å². The van der Waals surface area contributed by atoms with Gasteiger partial charge >= 0.3 is 0 Å². The van der Waals surface area contributed by atoms with Crippen LogP contribution in [0.25, 0.3) is 0 Å². The van der Waals surface area contributed by atoms with Gasteiger partial charge in [0.1, 0.15) is 5.60 Å². The molecule has 24 heavy (non-hydrogen) atoms. The molecule has 134 valence electrons. The third-order valence-electron chi connectivity index (χ3n) is 5.44. The third-order valence-corrected chi connectivity index (χ3v) is 5.44. The Bertz CT molecular complexity index is 531. The second-order valence-corrected chi connectivity index (χ2v) is 7.66. The van der Waals surface area contributed by atoms with E-state index in [2.05, 4.69) is 26.1 Å². The van der Waals surface area contributed by atoms with Crippen LogP contribution in [0.4, 0.5) is 0 Å². The number of carbonyl (C=O) groups excluding carboxylic acids is 1. The highest BCUT2D eigenvalue weighted by Crippen LogP contribution is 2.41. The lowest BCUT2D eigenvalue weighted by Crippen LogP contribution is -2.56. The van der Waals surface area contributed by atoms with E-state index in [-0.39, 0.29) is 30.3 Å². The molecule has 0 bridgehead atoms. The number of amides is 1. The van der Waals surface area contributed by atoms with Crippen LogP contribution >= 0.6 is 0 Å². The van der Waals surface area contributed by atoms with Crippen molar-refractivity contribution in [3.05, 3.63) is 35.9 Å². The van der Waals surface area contributed by atoms with Crippen LogP contribution in [0.3, 0.4) is 0 Å². The molecule has 0 aromatic heterocycles. The minimum absolute atomic E-state index is 0.0157. The fraction of sp³-hybridized carbons (Fsp3) is 0.650. The Hall–Kier alpha value is -1.39. The number of hydrogen-bond acceptors (Lipinski definition) is 3. The van der Waals surface area contributed by atoms with Gasteiger partial charge in [-0.3, -0.25) is 4.79 Å². The molecule has 0 spiro atoms. The molecule has 1 saturated carbocycles. The van der Waals surface area contributed by atoms with E-state index in [4.69, 9.17) is 0 Å². The molecule has 1 aliphatic carbocycles. The molecular weight excluding hydrogens is 302 g/mol. The van der Waals surface area contributed by atoms with Gasteiger partial charge in [-0.05, 0) is 36.2 Å². The normalized spacial score (nSPS) is 28.6. The highest BCUT2D eigenvalue weighted by atomic mass is 16.3. The maximum Gasteiger partial charge on any atom is 0.252 e. The van der Waals surface area contributed by atoms with Gasteiger partial charge in [-0.25, -0.2) is 0 Å².